The molecule has 3 aromatic heterocycles. The number of aromatic nitrogens is 4. The molecule has 0 radical (unpaired) electrons. The SMILES string of the molecule is O=C(Nc1nc2n[nH]c(C3CCCCC3)c2s1)c1ccncc1. The van der Waals surface area contributed by atoms with Crippen LogP contribution in [0.1, 0.15) is 54.1 Å². The predicted octanol–water partition coefficient (Wildman–Crippen LogP) is 3.71. The number of aromatic amines is 1. The number of anilines is 1. The second kappa shape index (κ2) is 6.08. The summed E-state index contributed by atoms with van der Waals surface area (Å²) in [5.74, 6) is 0.366. The molecule has 3 aromatic rings. The average Bonchev–Trinajstić information content (AvgIpc) is 3.16. The van der Waals surface area contributed by atoms with Gasteiger partial charge < -0.3 is 0 Å². The normalized spacial score (nSPS) is 15.8. The standard InChI is InChI=1S/C16H17N5OS/c22-15(11-6-8-17-9-7-11)19-16-18-14-13(23-16)12(20-21-14)10-4-2-1-3-5-10/h6-10H,1-5H2,(H2,18,19,20,21,22). The molecule has 23 heavy (non-hydrogen) atoms. The molecule has 118 valence electrons. The summed E-state index contributed by atoms with van der Waals surface area (Å²) in [6, 6.07) is 3.37. The van der Waals surface area contributed by atoms with Crippen molar-refractivity contribution in [3.05, 3.63) is 35.8 Å². The summed E-state index contributed by atoms with van der Waals surface area (Å²) in [6.45, 7) is 0. The summed E-state index contributed by atoms with van der Waals surface area (Å²) < 4.78 is 1.07. The van der Waals surface area contributed by atoms with Gasteiger partial charge in [0.15, 0.2) is 10.8 Å². The molecular formula is C16H17N5OS. The molecule has 6 nitrogen and oxygen atoms in total. The van der Waals surface area contributed by atoms with E-state index in [0.29, 0.717) is 22.3 Å². The Kier molecular flexibility index (Phi) is 3.78. The number of fused-ring (bicyclic) bond motifs is 1. The van der Waals surface area contributed by atoms with Crippen LogP contribution in [0.5, 0.6) is 0 Å². The van der Waals surface area contributed by atoms with Gasteiger partial charge in [-0.15, -0.1) is 0 Å². The Hall–Kier alpha value is -2.28. The molecule has 0 atom stereocenters. The zero-order chi connectivity index (χ0) is 15.6. The fraction of sp³-hybridized carbons (Fsp3) is 0.375. The van der Waals surface area contributed by atoms with Crippen LogP contribution in [0.4, 0.5) is 5.13 Å². The van der Waals surface area contributed by atoms with Gasteiger partial charge in [-0.2, -0.15) is 10.1 Å². The third kappa shape index (κ3) is 2.84. The average molecular weight is 327 g/mol. The van der Waals surface area contributed by atoms with Gasteiger partial charge >= 0.3 is 0 Å². The Morgan fingerprint density at radius 1 is 1.22 bits per heavy atom. The van der Waals surface area contributed by atoms with Crippen LogP contribution in [0.15, 0.2) is 24.5 Å². The number of nitrogens with one attached hydrogen (secondary N) is 2. The van der Waals surface area contributed by atoms with Crippen LogP contribution in [0.25, 0.3) is 10.3 Å². The minimum atomic E-state index is -0.174. The van der Waals surface area contributed by atoms with Crippen LogP contribution < -0.4 is 5.32 Å². The number of hydrogen-bond donors (Lipinski definition) is 2. The van der Waals surface area contributed by atoms with E-state index < -0.39 is 0 Å². The Morgan fingerprint density at radius 2 is 2.00 bits per heavy atom. The van der Waals surface area contributed by atoms with Crippen LogP contribution in [0.3, 0.4) is 0 Å². The fourth-order valence-corrected chi connectivity index (χ4v) is 4.10. The van der Waals surface area contributed by atoms with E-state index in [1.54, 1.807) is 24.5 Å². The molecule has 0 aliphatic heterocycles. The summed E-state index contributed by atoms with van der Waals surface area (Å²) in [5, 5.41) is 10.9. The van der Waals surface area contributed by atoms with Crippen LogP contribution in [0.2, 0.25) is 0 Å². The van der Waals surface area contributed by atoms with Crippen LogP contribution in [0, 0.1) is 0 Å². The summed E-state index contributed by atoms with van der Waals surface area (Å²) >= 11 is 1.49. The third-order valence-corrected chi connectivity index (χ3v) is 5.31. The molecule has 1 saturated carbocycles. The van der Waals surface area contributed by atoms with Crippen molar-refractivity contribution in [1.29, 1.82) is 0 Å². The van der Waals surface area contributed by atoms with Crippen molar-refractivity contribution in [2.75, 3.05) is 5.32 Å². The molecule has 1 aliphatic rings. The molecule has 0 unspecified atom stereocenters. The van der Waals surface area contributed by atoms with Crippen molar-refractivity contribution in [2.45, 2.75) is 38.0 Å². The first-order valence-corrected chi connectivity index (χ1v) is 8.69. The molecule has 3 heterocycles. The van der Waals surface area contributed by atoms with Gasteiger partial charge in [0.2, 0.25) is 0 Å². The lowest BCUT2D eigenvalue weighted by Gasteiger charge is -2.19. The van der Waals surface area contributed by atoms with E-state index in [1.165, 1.54) is 49.1 Å². The predicted molar refractivity (Wildman–Crippen MR) is 89.8 cm³/mol. The number of rotatable bonds is 3. The number of amides is 1. The molecule has 1 amide bonds. The quantitative estimate of drug-likeness (QED) is 0.768. The second-order valence-corrected chi connectivity index (χ2v) is 6.83. The molecule has 0 saturated heterocycles. The minimum Gasteiger partial charge on any atom is -0.298 e. The Morgan fingerprint density at radius 3 is 2.78 bits per heavy atom. The molecule has 1 fully saturated rings. The molecule has 1 aliphatic carbocycles. The second-order valence-electron chi connectivity index (χ2n) is 5.83. The van der Waals surface area contributed by atoms with Gasteiger partial charge in [-0.25, -0.2) is 0 Å². The lowest BCUT2D eigenvalue weighted by Crippen LogP contribution is -2.11. The number of carbonyl (C=O) groups excluding carboxylic acids is 1. The Bertz CT molecular complexity index is 819. The zero-order valence-corrected chi connectivity index (χ0v) is 13.4. The molecular weight excluding hydrogens is 310 g/mol. The number of carbonyl (C=O) groups is 1. The van der Waals surface area contributed by atoms with Gasteiger partial charge in [0, 0.05) is 23.9 Å². The molecule has 0 bridgehead atoms. The lowest BCUT2D eigenvalue weighted by molar-refractivity contribution is 0.102. The maximum absolute atomic E-state index is 12.2. The minimum absolute atomic E-state index is 0.174. The van der Waals surface area contributed by atoms with Crippen molar-refractivity contribution in [3.63, 3.8) is 0 Å². The van der Waals surface area contributed by atoms with E-state index in [4.69, 9.17) is 0 Å². The van der Waals surface area contributed by atoms with E-state index in [2.05, 4.69) is 25.5 Å². The first-order chi connectivity index (χ1) is 11.3. The topological polar surface area (TPSA) is 83.6 Å². The van der Waals surface area contributed by atoms with Gasteiger partial charge in [-0.3, -0.25) is 20.2 Å². The maximum atomic E-state index is 12.2. The van der Waals surface area contributed by atoms with Gasteiger partial charge in [0.05, 0.1) is 10.4 Å². The summed E-state index contributed by atoms with van der Waals surface area (Å²) in [6.07, 6.45) is 9.48. The summed E-state index contributed by atoms with van der Waals surface area (Å²) in [5.41, 5.74) is 2.45. The zero-order valence-electron chi connectivity index (χ0n) is 12.6. The first kappa shape index (κ1) is 14.3. The maximum Gasteiger partial charge on any atom is 0.257 e. The van der Waals surface area contributed by atoms with Gasteiger partial charge in [-0.05, 0) is 25.0 Å². The van der Waals surface area contributed by atoms with Crippen molar-refractivity contribution in [3.8, 4) is 0 Å². The Balaban J connectivity index is 1.57. The highest BCUT2D eigenvalue weighted by Crippen LogP contribution is 2.38. The molecule has 4 rings (SSSR count). The highest BCUT2D eigenvalue weighted by Gasteiger charge is 2.22. The van der Waals surface area contributed by atoms with E-state index in [9.17, 15) is 4.79 Å². The highest BCUT2D eigenvalue weighted by molar-refractivity contribution is 7.22. The van der Waals surface area contributed by atoms with Crippen LogP contribution in [-0.2, 0) is 0 Å². The van der Waals surface area contributed by atoms with Crippen molar-refractivity contribution in [1.82, 2.24) is 20.2 Å². The van der Waals surface area contributed by atoms with Gasteiger partial charge in [0.25, 0.3) is 5.91 Å². The van der Waals surface area contributed by atoms with Crippen molar-refractivity contribution in [2.24, 2.45) is 0 Å². The van der Waals surface area contributed by atoms with E-state index in [-0.39, 0.29) is 5.91 Å². The molecule has 0 spiro atoms. The summed E-state index contributed by atoms with van der Waals surface area (Å²) in [4.78, 5) is 20.5. The van der Waals surface area contributed by atoms with Crippen molar-refractivity contribution < 1.29 is 4.79 Å². The van der Waals surface area contributed by atoms with E-state index in [1.807, 2.05) is 0 Å². The molecule has 2 N–H and O–H groups in total. The molecule has 7 heteroatoms. The van der Waals surface area contributed by atoms with E-state index in [0.717, 1.165) is 4.70 Å². The number of pyridine rings is 1. The molecule has 0 aromatic carbocycles. The van der Waals surface area contributed by atoms with E-state index >= 15 is 0 Å². The number of nitrogens with zero attached hydrogens (tertiary/aromatic N) is 3. The van der Waals surface area contributed by atoms with Gasteiger partial charge in [-0.1, -0.05) is 30.6 Å². The first-order valence-electron chi connectivity index (χ1n) is 7.87. The van der Waals surface area contributed by atoms with Crippen LogP contribution >= 0.6 is 11.3 Å². The largest absolute Gasteiger partial charge is 0.298 e. The smallest absolute Gasteiger partial charge is 0.257 e. The lowest BCUT2D eigenvalue weighted by atomic mass is 9.87. The third-order valence-electron chi connectivity index (χ3n) is 4.31. The van der Waals surface area contributed by atoms with Crippen LogP contribution in [-0.4, -0.2) is 26.1 Å². The number of thiazole rings is 1. The number of hydrogen-bond acceptors (Lipinski definition) is 5. The summed E-state index contributed by atoms with van der Waals surface area (Å²) in [7, 11) is 0. The van der Waals surface area contributed by atoms with Crippen molar-refractivity contribution >= 4 is 32.7 Å². The highest BCUT2D eigenvalue weighted by atomic mass is 32.1. The van der Waals surface area contributed by atoms with Gasteiger partial charge in [0.1, 0.15) is 0 Å². The fourth-order valence-electron chi connectivity index (χ4n) is 3.12. The monoisotopic (exact) mass is 327 g/mol. The number of H-pyrrole nitrogens is 1. The Labute approximate surface area is 137 Å².